The van der Waals surface area contributed by atoms with Crippen LogP contribution in [0.3, 0.4) is 0 Å². The van der Waals surface area contributed by atoms with Crippen molar-refractivity contribution >= 4 is 17.2 Å². The maximum Gasteiger partial charge on any atom is 0.135 e. The van der Waals surface area contributed by atoms with Crippen molar-refractivity contribution in [2.75, 3.05) is 30.4 Å². The highest BCUT2D eigenvalue weighted by Crippen LogP contribution is 2.43. The first-order chi connectivity index (χ1) is 10.1. The molecule has 21 heavy (non-hydrogen) atoms. The summed E-state index contributed by atoms with van der Waals surface area (Å²) in [6, 6.07) is 8.25. The number of aliphatic hydroxyl groups is 1. The number of para-hydroxylation sites is 2. The average molecular weight is 284 g/mol. The van der Waals surface area contributed by atoms with E-state index in [1.165, 1.54) is 0 Å². The Bertz CT molecular complexity index is 624. The molecule has 1 saturated heterocycles. The van der Waals surface area contributed by atoms with Crippen molar-refractivity contribution in [2.45, 2.75) is 25.0 Å². The summed E-state index contributed by atoms with van der Waals surface area (Å²) in [7, 11) is 4.06. The minimum atomic E-state index is -0.0968. The zero-order valence-corrected chi connectivity index (χ0v) is 12.4. The second-order valence-electron chi connectivity index (χ2n) is 6.08. The molecule has 0 bridgehead atoms. The third-order valence-corrected chi connectivity index (χ3v) is 5.02. The minimum absolute atomic E-state index is 0.0259. The Morgan fingerprint density at radius 1 is 1.14 bits per heavy atom. The van der Waals surface area contributed by atoms with Crippen molar-refractivity contribution in [1.82, 2.24) is 4.90 Å². The van der Waals surface area contributed by atoms with E-state index in [9.17, 15) is 5.11 Å². The van der Waals surface area contributed by atoms with Crippen LogP contribution in [0.1, 0.15) is 12.8 Å². The first-order valence-electron chi connectivity index (χ1n) is 7.44. The predicted octanol–water partition coefficient (Wildman–Crippen LogP) is 2.17. The molecule has 0 spiro atoms. The Morgan fingerprint density at radius 3 is 2.33 bits per heavy atom. The van der Waals surface area contributed by atoms with Crippen molar-refractivity contribution in [3.63, 3.8) is 0 Å². The fraction of sp³-hybridized carbons (Fsp3) is 0.438. The molecule has 0 unspecified atom stereocenters. The van der Waals surface area contributed by atoms with E-state index < -0.39 is 0 Å². The molecular formula is C16H20N4O. The Labute approximate surface area is 124 Å². The van der Waals surface area contributed by atoms with Crippen LogP contribution in [0.15, 0.2) is 35.6 Å². The van der Waals surface area contributed by atoms with Crippen LogP contribution < -0.4 is 9.80 Å². The van der Waals surface area contributed by atoms with Gasteiger partial charge in [0.2, 0.25) is 0 Å². The standard InChI is InChI=1S/C16H20N4O/c1-18-10-6-3-4-7-11(10)19(2)16(18)13-14(21)12-8-5-9-20(12)15(13)17/h3-4,6-7,12,16-17,21H,5,8-9H2,1-2H3/t12-/m1/s1. The summed E-state index contributed by atoms with van der Waals surface area (Å²) in [6.07, 6.45) is 1.91. The van der Waals surface area contributed by atoms with Crippen LogP contribution in [-0.2, 0) is 0 Å². The van der Waals surface area contributed by atoms with Crippen molar-refractivity contribution in [1.29, 1.82) is 5.41 Å². The molecule has 0 aliphatic carbocycles. The number of fused-ring (bicyclic) bond motifs is 2. The monoisotopic (exact) mass is 284 g/mol. The second kappa shape index (κ2) is 4.16. The van der Waals surface area contributed by atoms with E-state index in [1.54, 1.807) is 0 Å². The molecule has 2 N–H and O–H groups in total. The van der Waals surface area contributed by atoms with Gasteiger partial charge in [-0.05, 0) is 25.0 Å². The molecule has 0 amide bonds. The zero-order chi connectivity index (χ0) is 14.7. The topological polar surface area (TPSA) is 53.8 Å². The number of hydrogen-bond donors (Lipinski definition) is 2. The summed E-state index contributed by atoms with van der Waals surface area (Å²) in [6.45, 7) is 0.879. The van der Waals surface area contributed by atoms with Gasteiger partial charge in [-0.1, -0.05) is 12.1 Å². The smallest absolute Gasteiger partial charge is 0.135 e. The lowest BCUT2D eigenvalue weighted by atomic mass is 10.1. The van der Waals surface area contributed by atoms with Gasteiger partial charge in [-0.3, -0.25) is 5.41 Å². The van der Waals surface area contributed by atoms with Crippen LogP contribution in [0.4, 0.5) is 11.4 Å². The number of aliphatic hydroxyl groups excluding tert-OH is 1. The van der Waals surface area contributed by atoms with E-state index in [1.807, 2.05) is 31.1 Å². The van der Waals surface area contributed by atoms with Gasteiger partial charge in [0.15, 0.2) is 0 Å². The first-order valence-corrected chi connectivity index (χ1v) is 7.44. The Balaban J connectivity index is 1.78. The molecule has 0 radical (unpaired) electrons. The van der Waals surface area contributed by atoms with Gasteiger partial charge in [0.25, 0.3) is 0 Å². The molecule has 3 aliphatic heterocycles. The lowest BCUT2D eigenvalue weighted by Gasteiger charge is -2.29. The highest BCUT2D eigenvalue weighted by Gasteiger charge is 2.46. The van der Waals surface area contributed by atoms with Crippen molar-refractivity contribution in [3.8, 4) is 0 Å². The molecule has 110 valence electrons. The number of anilines is 2. The summed E-state index contributed by atoms with van der Waals surface area (Å²) in [4.78, 5) is 6.34. The second-order valence-corrected chi connectivity index (χ2v) is 6.08. The highest BCUT2D eigenvalue weighted by molar-refractivity contribution is 6.03. The van der Waals surface area contributed by atoms with Crippen LogP contribution in [0.5, 0.6) is 0 Å². The van der Waals surface area contributed by atoms with Crippen LogP contribution in [0.2, 0.25) is 0 Å². The zero-order valence-electron chi connectivity index (χ0n) is 12.4. The van der Waals surface area contributed by atoms with Gasteiger partial charge in [-0.2, -0.15) is 0 Å². The highest BCUT2D eigenvalue weighted by atomic mass is 16.3. The van der Waals surface area contributed by atoms with E-state index in [-0.39, 0.29) is 12.2 Å². The van der Waals surface area contributed by atoms with E-state index >= 15 is 0 Å². The summed E-state index contributed by atoms with van der Waals surface area (Å²) in [5.41, 5.74) is 3.05. The number of nitrogens with one attached hydrogen (secondary N) is 1. The third-order valence-electron chi connectivity index (χ3n) is 5.02. The van der Waals surface area contributed by atoms with Gasteiger partial charge >= 0.3 is 0 Å². The fourth-order valence-corrected chi connectivity index (χ4v) is 4.00. The molecule has 4 rings (SSSR count). The fourth-order valence-electron chi connectivity index (χ4n) is 4.00. The predicted molar refractivity (Wildman–Crippen MR) is 84.1 cm³/mol. The molecule has 3 heterocycles. The molecule has 1 atom stereocenters. The van der Waals surface area contributed by atoms with E-state index in [2.05, 4.69) is 21.9 Å². The lowest BCUT2D eigenvalue weighted by molar-refractivity contribution is 0.310. The van der Waals surface area contributed by atoms with E-state index in [0.29, 0.717) is 11.6 Å². The summed E-state index contributed by atoms with van der Waals surface area (Å²) < 4.78 is 0. The molecule has 1 fully saturated rings. The number of rotatable bonds is 1. The quantitative estimate of drug-likeness (QED) is 0.830. The molecule has 5 heteroatoms. The SMILES string of the molecule is CN1c2ccccc2N(C)C1C1=C(O)[C@H]2CCCN2C1=N. The Morgan fingerprint density at radius 2 is 1.76 bits per heavy atom. The lowest BCUT2D eigenvalue weighted by Crippen LogP contribution is -2.44. The molecule has 1 aromatic carbocycles. The molecule has 5 nitrogen and oxygen atoms in total. The molecule has 1 aromatic rings. The largest absolute Gasteiger partial charge is 0.510 e. The van der Waals surface area contributed by atoms with Gasteiger partial charge in [0.05, 0.1) is 23.0 Å². The van der Waals surface area contributed by atoms with Crippen molar-refractivity contribution in [2.24, 2.45) is 0 Å². The van der Waals surface area contributed by atoms with Crippen LogP contribution in [0.25, 0.3) is 0 Å². The van der Waals surface area contributed by atoms with Crippen LogP contribution >= 0.6 is 0 Å². The maximum absolute atomic E-state index is 10.6. The molecular weight excluding hydrogens is 264 g/mol. The summed E-state index contributed by atoms with van der Waals surface area (Å²) in [5.74, 6) is 0.889. The number of amidine groups is 1. The van der Waals surface area contributed by atoms with Gasteiger partial charge in [0.1, 0.15) is 17.8 Å². The average Bonchev–Trinajstić information content (AvgIpc) is 3.12. The number of nitrogens with zero attached hydrogens (tertiary/aromatic N) is 3. The summed E-state index contributed by atoms with van der Waals surface area (Å²) in [5, 5.41) is 19.1. The van der Waals surface area contributed by atoms with E-state index in [4.69, 9.17) is 5.41 Å². The van der Waals surface area contributed by atoms with Gasteiger partial charge in [-0.15, -0.1) is 0 Å². The van der Waals surface area contributed by atoms with Gasteiger partial charge < -0.3 is 19.8 Å². The Kier molecular flexibility index (Phi) is 2.49. The maximum atomic E-state index is 10.6. The van der Waals surface area contributed by atoms with Gasteiger partial charge in [0, 0.05) is 20.6 Å². The first kappa shape index (κ1) is 12.6. The van der Waals surface area contributed by atoms with Crippen LogP contribution in [-0.4, -0.2) is 48.7 Å². The normalized spacial score (nSPS) is 25.1. The van der Waals surface area contributed by atoms with Crippen molar-refractivity contribution in [3.05, 3.63) is 35.6 Å². The molecule has 0 saturated carbocycles. The molecule has 0 aromatic heterocycles. The number of hydrogen-bond acceptors (Lipinski definition) is 4. The summed E-state index contributed by atoms with van der Waals surface area (Å²) >= 11 is 0. The number of likely N-dealkylation sites (N-methyl/N-ethyl adjacent to an activating group) is 2. The van der Waals surface area contributed by atoms with Gasteiger partial charge in [-0.25, -0.2) is 0 Å². The minimum Gasteiger partial charge on any atom is -0.510 e. The number of benzene rings is 1. The van der Waals surface area contributed by atoms with Crippen molar-refractivity contribution < 1.29 is 5.11 Å². The molecule has 3 aliphatic rings. The Hall–Kier alpha value is -2.17. The van der Waals surface area contributed by atoms with E-state index in [0.717, 1.165) is 36.3 Å². The van der Waals surface area contributed by atoms with Crippen LogP contribution in [0, 0.1) is 5.41 Å². The third kappa shape index (κ3) is 1.49.